The number of hydrogen-bond acceptors (Lipinski definition) is 4. The van der Waals surface area contributed by atoms with Gasteiger partial charge in [0.05, 0.1) is 11.9 Å². The maximum Gasteiger partial charge on any atom is 0.216 e. The Hall–Kier alpha value is -1.11. The van der Waals surface area contributed by atoms with E-state index >= 15 is 0 Å². The average Bonchev–Trinajstić information content (AvgIpc) is 2.83. The normalized spacial score (nSPS) is 23.9. The first-order chi connectivity index (χ1) is 11.5. The highest BCUT2D eigenvalue weighted by Gasteiger charge is 2.29. The molecule has 0 spiro atoms. The van der Waals surface area contributed by atoms with Crippen molar-refractivity contribution in [1.29, 1.82) is 0 Å². The van der Waals surface area contributed by atoms with Gasteiger partial charge in [-0.3, -0.25) is 0 Å². The third-order valence-corrected chi connectivity index (χ3v) is 6.86. The molecule has 1 unspecified atom stereocenters. The number of anilines is 1. The Labute approximate surface area is 145 Å². The molecule has 2 aliphatic rings. The van der Waals surface area contributed by atoms with Crippen molar-refractivity contribution in [1.82, 2.24) is 4.31 Å². The van der Waals surface area contributed by atoms with Crippen LogP contribution in [0.1, 0.15) is 31.2 Å². The summed E-state index contributed by atoms with van der Waals surface area (Å²) in [5.41, 5.74) is 2.42. The summed E-state index contributed by atoms with van der Waals surface area (Å²) in [6.07, 6.45) is 3.72. The van der Waals surface area contributed by atoms with Crippen LogP contribution in [0.15, 0.2) is 24.3 Å². The van der Waals surface area contributed by atoms with Crippen molar-refractivity contribution >= 4 is 15.7 Å². The SMILES string of the molecule is Cc1ccc(N2CCCN(S(=O)(=O)CC3CCCCO3)CC2)cc1. The largest absolute Gasteiger partial charge is 0.377 e. The van der Waals surface area contributed by atoms with Gasteiger partial charge in [-0.2, -0.15) is 0 Å². The smallest absolute Gasteiger partial charge is 0.216 e. The van der Waals surface area contributed by atoms with Gasteiger partial charge in [-0.1, -0.05) is 17.7 Å². The van der Waals surface area contributed by atoms with Gasteiger partial charge in [0.15, 0.2) is 0 Å². The van der Waals surface area contributed by atoms with Crippen LogP contribution in [0.3, 0.4) is 0 Å². The molecule has 2 fully saturated rings. The molecule has 2 heterocycles. The summed E-state index contributed by atoms with van der Waals surface area (Å²) in [6, 6.07) is 8.45. The lowest BCUT2D eigenvalue weighted by Gasteiger charge is -2.27. The maximum atomic E-state index is 12.7. The monoisotopic (exact) mass is 352 g/mol. The summed E-state index contributed by atoms with van der Waals surface area (Å²) in [7, 11) is -3.24. The van der Waals surface area contributed by atoms with Gasteiger partial charge in [0.2, 0.25) is 10.0 Å². The van der Waals surface area contributed by atoms with Crippen molar-refractivity contribution in [2.45, 2.75) is 38.7 Å². The number of sulfonamides is 1. The van der Waals surface area contributed by atoms with E-state index in [2.05, 4.69) is 36.1 Å². The highest BCUT2D eigenvalue weighted by Crippen LogP contribution is 2.20. The van der Waals surface area contributed by atoms with Crippen LogP contribution in [-0.2, 0) is 14.8 Å². The second kappa shape index (κ2) is 7.85. The lowest BCUT2D eigenvalue weighted by Crippen LogP contribution is -2.40. The fourth-order valence-electron chi connectivity index (χ4n) is 3.46. The van der Waals surface area contributed by atoms with Crippen LogP contribution in [0.2, 0.25) is 0 Å². The molecule has 0 amide bonds. The third kappa shape index (κ3) is 4.49. The van der Waals surface area contributed by atoms with E-state index in [4.69, 9.17) is 4.74 Å². The lowest BCUT2D eigenvalue weighted by atomic mass is 10.1. The van der Waals surface area contributed by atoms with Crippen LogP contribution in [-0.4, -0.2) is 57.4 Å². The quantitative estimate of drug-likeness (QED) is 0.835. The fraction of sp³-hybridized carbons (Fsp3) is 0.667. The first-order valence-corrected chi connectivity index (χ1v) is 10.6. The third-order valence-electron chi connectivity index (χ3n) is 4.92. The summed E-state index contributed by atoms with van der Waals surface area (Å²) in [5.74, 6) is 0.136. The molecule has 0 N–H and O–H groups in total. The van der Waals surface area contributed by atoms with Gasteiger partial charge in [-0.15, -0.1) is 0 Å². The Morgan fingerprint density at radius 1 is 1.04 bits per heavy atom. The van der Waals surface area contributed by atoms with Crippen molar-refractivity contribution in [2.24, 2.45) is 0 Å². The van der Waals surface area contributed by atoms with E-state index in [1.54, 1.807) is 4.31 Å². The molecule has 134 valence electrons. The summed E-state index contributed by atoms with van der Waals surface area (Å²) in [6.45, 7) is 5.58. The standard InChI is InChI=1S/C18H28N2O3S/c1-16-6-8-17(9-7-16)19-10-4-11-20(13-12-19)24(21,22)15-18-5-2-3-14-23-18/h6-9,18H,2-5,10-15H2,1H3. The van der Waals surface area contributed by atoms with Crippen molar-refractivity contribution < 1.29 is 13.2 Å². The Kier molecular flexibility index (Phi) is 5.79. The number of nitrogens with zero attached hydrogens (tertiary/aromatic N) is 2. The summed E-state index contributed by atoms with van der Waals surface area (Å²) in [4.78, 5) is 2.28. The van der Waals surface area contributed by atoms with Crippen LogP contribution in [0.25, 0.3) is 0 Å². The van der Waals surface area contributed by atoms with Gasteiger partial charge in [0.25, 0.3) is 0 Å². The van der Waals surface area contributed by atoms with Gasteiger partial charge in [0.1, 0.15) is 0 Å². The van der Waals surface area contributed by atoms with Crippen LogP contribution < -0.4 is 4.90 Å². The Morgan fingerprint density at radius 2 is 1.83 bits per heavy atom. The molecule has 6 heteroatoms. The molecule has 1 atom stereocenters. The topological polar surface area (TPSA) is 49.9 Å². The van der Waals surface area contributed by atoms with Crippen molar-refractivity contribution in [2.75, 3.05) is 43.4 Å². The molecule has 2 saturated heterocycles. The van der Waals surface area contributed by atoms with E-state index in [0.29, 0.717) is 19.7 Å². The van der Waals surface area contributed by atoms with Crippen LogP contribution in [0.4, 0.5) is 5.69 Å². The Morgan fingerprint density at radius 3 is 2.54 bits per heavy atom. The van der Waals surface area contributed by atoms with Crippen LogP contribution in [0.5, 0.6) is 0 Å². The molecule has 1 aromatic rings. The molecule has 0 aromatic heterocycles. The minimum absolute atomic E-state index is 0.125. The first kappa shape index (κ1) is 17.7. The van der Waals surface area contributed by atoms with E-state index in [9.17, 15) is 8.42 Å². The van der Waals surface area contributed by atoms with E-state index in [1.807, 2.05) is 0 Å². The molecule has 2 aliphatic heterocycles. The second-order valence-corrected chi connectivity index (χ2v) is 8.86. The van der Waals surface area contributed by atoms with E-state index < -0.39 is 10.0 Å². The Bertz CT molecular complexity index is 624. The molecule has 0 aliphatic carbocycles. The van der Waals surface area contributed by atoms with E-state index in [0.717, 1.165) is 38.8 Å². The Balaban J connectivity index is 1.60. The molecule has 3 rings (SSSR count). The zero-order valence-electron chi connectivity index (χ0n) is 14.5. The van der Waals surface area contributed by atoms with Gasteiger partial charge >= 0.3 is 0 Å². The minimum Gasteiger partial charge on any atom is -0.377 e. The van der Waals surface area contributed by atoms with E-state index in [1.165, 1.54) is 11.3 Å². The number of rotatable bonds is 4. The van der Waals surface area contributed by atoms with E-state index in [-0.39, 0.29) is 11.9 Å². The van der Waals surface area contributed by atoms with Gasteiger partial charge in [-0.25, -0.2) is 12.7 Å². The van der Waals surface area contributed by atoms with Crippen molar-refractivity contribution in [3.8, 4) is 0 Å². The average molecular weight is 353 g/mol. The molecular formula is C18H28N2O3S. The van der Waals surface area contributed by atoms with Crippen LogP contribution >= 0.6 is 0 Å². The van der Waals surface area contributed by atoms with Gasteiger partial charge < -0.3 is 9.64 Å². The van der Waals surface area contributed by atoms with Crippen LogP contribution in [0, 0.1) is 6.92 Å². The highest BCUT2D eigenvalue weighted by molar-refractivity contribution is 7.89. The maximum absolute atomic E-state index is 12.7. The van der Waals surface area contributed by atoms with Crippen molar-refractivity contribution in [3.63, 3.8) is 0 Å². The van der Waals surface area contributed by atoms with Gasteiger partial charge in [0, 0.05) is 38.5 Å². The zero-order valence-corrected chi connectivity index (χ0v) is 15.3. The molecule has 24 heavy (non-hydrogen) atoms. The highest BCUT2D eigenvalue weighted by atomic mass is 32.2. The summed E-state index contributed by atoms with van der Waals surface area (Å²) in [5, 5.41) is 0. The van der Waals surface area contributed by atoms with Gasteiger partial charge in [-0.05, 0) is 44.7 Å². The summed E-state index contributed by atoms with van der Waals surface area (Å²) < 4.78 is 32.7. The fourth-order valence-corrected chi connectivity index (χ4v) is 5.18. The molecule has 5 nitrogen and oxygen atoms in total. The second-order valence-electron chi connectivity index (χ2n) is 6.84. The summed E-state index contributed by atoms with van der Waals surface area (Å²) >= 11 is 0. The molecule has 1 aromatic carbocycles. The molecule has 0 radical (unpaired) electrons. The van der Waals surface area contributed by atoms with Crippen molar-refractivity contribution in [3.05, 3.63) is 29.8 Å². The molecule has 0 saturated carbocycles. The number of benzene rings is 1. The molecular weight excluding hydrogens is 324 g/mol. The minimum atomic E-state index is -3.24. The number of ether oxygens (including phenoxy) is 1. The molecule has 0 bridgehead atoms. The predicted molar refractivity (Wildman–Crippen MR) is 97.0 cm³/mol. The zero-order chi connectivity index (χ0) is 17.0. The number of hydrogen-bond donors (Lipinski definition) is 0. The lowest BCUT2D eigenvalue weighted by molar-refractivity contribution is 0.0299. The predicted octanol–water partition coefficient (Wildman–Crippen LogP) is 2.41. The first-order valence-electron chi connectivity index (χ1n) is 8.96. The number of aryl methyl sites for hydroxylation is 1.